The van der Waals surface area contributed by atoms with Crippen LogP contribution in [0.1, 0.15) is 19.1 Å². The van der Waals surface area contributed by atoms with Crippen LogP contribution in [0.25, 0.3) is 11.3 Å². The Morgan fingerprint density at radius 3 is 2.70 bits per heavy atom. The van der Waals surface area contributed by atoms with Crippen molar-refractivity contribution >= 4 is 11.9 Å². The number of hydrogen-bond donors (Lipinski definition) is 1. The highest BCUT2D eigenvalue weighted by atomic mass is 16.5. The second-order valence-corrected chi connectivity index (χ2v) is 6.00. The third-order valence-corrected chi connectivity index (χ3v) is 4.39. The molecule has 23 heavy (non-hydrogen) atoms. The average Bonchev–Trinajstić information content (AvgIpc) is 3.16. The Bertz CT molecular complexity index is 725. The first-order valence-corrected chi connectivity index (χ1v) is 7.50. The standard InChI is InChI=1S/C17H18N2O4/c1-12(20)19-8-7-17(11-19,16(21)22)10-14-9-15(18-23-14)13-5-3-2-4-6-13/h2-6,9H,7-8,10-11H2,1H3,(H,21,22). The highest BCUT2D eigenvalue weighted by Gasteiger charge is 2.46. The van der Waals surface area contributed by atoms with Gasteiger partial charge in [0.1, 0.15) is 11.5 Å². The number of carboxylic acids is 1. The zero-order chi connectivity index (χ0) is 16.4. The Labute approximate surface area is 133 Å². The van der Waals surface area contributed by atoms with E-state index in [1.165, 1.54) is 6.92 Å². The molecule has 1 unspecified atom stereocenters. The molecule has 2 aromatic rings. The van der Waals surface area contributed by atoms with Crippen LogP contribution in [0.3, 0.4) is 0 Å². The fraction of sp³-hybridized carbons (Fsp3) is 0.353. The fourth-order valence-corrected chi connectivity index (χ4v) is 3.01. The summed E-state index contributed by atoms with van der Waals surface area (Å²) in [6.45, 7) is 2.13. The number of benzene rings is 1. The number of likely N-dealkylation sites (tertiary alicyclic amines) is 1. The molecule has 6 nitrogen and oxygen atoms in total. The van der Waals surface area contributed by atoms with E-state index in [4.69, 9.17) is 4.52 Å². The molecule has 1 fully saturated rings. The lowest BCUT2D eigenvalue weighted by molar-refractivity contribution is -0.148. The molecule has 1 amide bonds. The van der Waals surface area contributed by atoms with Gasteiger partial charge in [-0.15, -0.1) is 0 Å². The summed E-state index contributed by atoms with van der Waals surface area (Å²) in [4.78, 5) is 24.8. The van der Waals surface area contributed by atoms with E-state index in [1.54, 1.807) is 11.0 Å². The summed E-state index contributed by atoms with van der Waals surface area (Å²) in [5.41, 5.74) is 0.602. The van der Waals surface area contributed by atoms with E-state index in [1.807, 2.05) is 30.3 Å². The molecule has 3 rings (SSSR count). The summed E-state index contributed by atoms with van der Waals surface area (Å²) < 4.78 is 5.34. The van der Waals surface area contributed by atoms with Crippen molar-refractivity contribution in [1.82, 2.24) is 10.1 Å². The van der Waals surface area contributed by atoms with Crippen molar-refractivity contribution < 1.29 is 19.2 Å². The minimum absolute atomic E-state index is 0.101. The van der Waals surface area contributed by atoms with Crippen molar-refractivity contribution in [2.45, 2.75) is 19.8 Å². The SMILES string of the molecule is CC(=O)N1CCC(Cc2cc(-c3ccccc3)no2)(C(=O)O)C1. The van der Waals surface area contributed by atoms with Crippen molar-refractivity contribution in [2.75, 3.05) is 13.1 Å². The Morgan fingerprint density at radius 1 is 1.35 bits per heavy atom. The van der Waals surface area contributed by atoms with Gasteiger partial charge in [-0.1, -0.05) is 35.5 Å². The van der Waals surface area contributed by atoms with Crippen molar-refractivity contribution in [3.63, 3.8) is 0 Å². The van der Waals surface area contributed by atoms with Crippen LogP contribution >= 0.6 is 0 Å². The van der Waals surface area contributed by atoms with E-state index < -0.39 is 11.4 Å². The lowest BCUT2D eigenvalue weighted by Crippen LogP contribution is -2.37. The van der Waals surface area contributed by atoms with Crippen molar-refractivity contribution in [3.05, 3.63) is 42.2 Å². The predicted molar refractivity (Wildman–Crippen MR) is 82.6 cm³/mol. The first-order valence-electron chi connectivity index (χ1n) is 7.50. The Balaban J connectivity index is 1.81. The van der Waals surface area contributed by atoms with Gasteiger partial charge >= 0.3 is 5.97 Å². The van der Waals surface area contributed by atoms with Crippen LogP contribution in [0, 0.1) is 5.41 Å². The average molecular weight is 314 g/mol. The largest absolute Gasteiger partial charge is 0.481 e. The molecule has 0 aliphatic carbocycles. The minimum atomic E-state index is -1.00. The number of aliphatic carboxylic acids is 1. The zero-order valence-corrected chi connectivity index (χ0v) is 12.9. The van der Waals surface area contributed by atoms with E-state index in [2.05, 4.69) is 5.16 Å². The highest BCUT2D eigenvalue weighted by molar-refractivity contribution is 5.79. The first kappa shape index (κ1) is 15.3. The molecule has 0 spiro atoms. The summed E-state index contributed by atoms with van der Waals surface area (Å²) in [6, 6.07) is 11.3. The van der Waals surface area contributed by atoms with Gasteiger partial charge in [0.05, 0.1) is 5.41 Å². The highest BCUT2D eigenvalue weighted by Crippen LogP contribution is 2.35. The summed E-state index contributed by atoms with van der Waals surface area (Å²) in [5, 5.41) is 13.7. The molecule has 1 aliphatic heterocycles. The fourth-order valence-electron chi connectivity index (χ4n) is 3.01. The van der Waals surface area contributed by atoms with Gasteiger partial charge in [0.25, 0.3) is 0 Å². The van der Waals surface area contributed by atoms with Gasteiger partial charge < -0.3 is 14.5 Å². The zero-order valence-electron chi connectivity index (χ0n) is 12.9. The number of rotatable bonds is 4. The molecular formula is C17H18N2O4. The minimum Gasteiger partial charge on any atom is -0.481 e. The first-order chi connectivity index (χ1) is 11.0. The topological polar surface area (TPSA) is 83.6 Å². The van der Waals surface area contributed by atoms with E-state index >= 15 is 0 Å². The maximum Gasteiger partial charge on any atom is 0.311 e. The van der Waals surface area contributed by atoms with Gasteiger partial charge in [-0.25, -0.2) is 0 Å². The summed E-state index contributed by atoms with van der Waals surface area (Å²) in [6.07, 6.45) is 0.648. The van der Waals surface area contributed by atoms with E-state index in [0.717, 1.165) is 5.56 Å². The Kier molecular flexibility index (Phi) is 3.90. The van der Waals surface area contributed by atoms with Crippen molar-refractivity contribution in [1.29, 1.82) is 0 Å². The number of nitrogens with zero attached hydrogens (tertiary/aromatic N) is 2. The van der Waals surface area contributed by atoms with Gasteiger partial charge in [-0.2, -0.15) is 0 Å². The second-order valence-electron chi connectivity index (χ2n) is 6.00. The molecule has 1 N–H and O–H groups in total. The number of carbonyl (C=O) groups is 2. The van der Waals surface area contributed by atoms with Gasteiger partial charge in [0.2, 0.25) is 5.91 Å². The molecule has 2 heterocycles. The third kappa shape index (κ3) is 2.97. The number of carbonyl (C=O) groups excluding carboxylic acids is 1. The third-order valence-electron chi connectivity index (χ3n) is 4.39. The molecule has 6 heteroatoms. The molecule has 1 aromatic carbocycles. The quantitative estimate of drug-likeness (QED) is 0.935. The molecule has 1 aliphatic rings. The Morgan fingerprint density at radius 2 is 2.09 bits per heavy atom. The van der Waals surface area contributed by atoms with Crippen LogP contribution in [0.4, 0.5) is 0 Å². The number of aromatic nitrogens is 1. The van der Waals surface area contributed by atoms with Crippen LogP contribution < -0.4 is 0 Å². The van der Waals surface area contributed by atoms with E-state index in [0.29, 0.717) is 24.4 Å². The van der Waals surface area contributed by atoms with E-state index in [-0.39, 0.29) is 18.9 Å². The maximum absolute atomic E-state index is 11.8. The normalized spacial score (nSPS) is 20.7. The van der Waals surface area contributed by atoms with Gasteiger partial charge in [0, 0.05) is 38.1 Å². The summed E-state index contributed by atoms with van der Waals surface area (Å²) in [7, 11) is 0. The van der Waals surface area contributed by atoms with Crippen molar-refractivity contribution in [3.8, 4) is 11.3 Å². The van der Waals surface area contributed by atoms with Crippen LogP contribution in [0.2, 0.25) is 0 Å². The molecule has 0 bridgehead atoms. The molecule has 0 saturated carbocycles. The lowest BCUT2D eigenvalue weighted by atomic mass is 9.82. The monoisotopic (exact) mass is 314 g/mol. The molecule has 1 atom stereocenters. The van der Waals surface area contributed by atoms with Crippen LogP contribution in [-0.4, -0.2) is 40.1 Å². The van der Waals surface area contributed by atoms with Crippen LogP contribution in [-0.2, 0) is 16.0 Å². The van der Waals surface area contributed by atoms with Gasteiger partial charge in [-0.05, 0) is 6.42 Å². The van der Waals surface area contributed by atoms with Crippen LogP contribution in [0.15, 0.2) is 40.9 Å². The number of amides is 1. The smallest absolute Gasteiger partial charge is 0.311 e. The van der Waals surface area contributed by atoms with Gasteiger partial charge in [0.15, 0.2) is 0 Å². The second kappa shape index (κ2) is 5.87. The molecule has 1 saturated heterocycles. The predicted octanol–water partition coefficient (Wildman–Crippen LogP) is 2.21. The maximum atomic E-state index is 11.8. The summed E-state index contributed by atoms with van der Waals surface area (Å²) in [5.74, 6) is -0.480. The number of hydrogen-bond acceptors (Lipinski definition) is 4. The molecule has 120 valence electrons. The lowest BCUT2D eigenvalue weighted by Gasteiger charge is -2.22. The molecule has 1 aromatic heterocycles. The number of carboxylic acid groups (broad SMARTS) is 1. The van der Waals surface area contributed by atoms with Crippen LogP contribution in [0.5, 0.6) is 0 Å². The Hall–Kier alpha value is -2.63. The van der Waals surface area contributed by atoms with E-state index in [9.17, 15) is 14.7 Å². The molecular weight excluding hydrogens is 296 g/mol. The van der Waals surface area contributed by atoms with Crippen molar-refractivity contribution in [2.24, 2.45) is 5.41 Å². The van der Waals surface area contributed by atoms with Gasteiger partial charge in [-0.3, -0.25) is 9.59 Å². The molecule has 0 radical (unpaired) electrons. The summed E-state index contributed by atoms with van der Waals surface area (Å²) >= 11 is 0.